The summed E-state index contributed by atoms with van der Waals surface area (Å²) in [6.45, 7) is 5.06. The van der Waals surface area contributed by atoms with Crippen LogP contribution in [0.5, 0.6) is 0 Å². The molecule has 1 aromatic heterocycles. The summed E-state index contributed by atoms with van der Waals surface area (Å²) in [5, 5.41) is 7.71. The highest BCUT2D eigenvalue weighted by Crippen LogP contribution is 2.01. The molecule has 0 saturated heterocycles. The summed E-state index contributed by atoms with van der Waals surface area (Å²) >= 11 is 0. The number of nitrogens with zero attached hydrogens (tertiary/aromatic N) is 2. The number of benzene rings is 1. The van der Waals surface area contributed by atoms with Crippen LogP contribution in [-0.4, -0.2) is 22.9 Å². The molecule has 0 aliphatic rings. The minimum absolute atomic E-state index is 0.944. The summed E-state index contributed by atoms with van der Waals surface area (Å²) in [6.07, 6.45) is 6.30. The Hall–Kier alpha value is -1.61. The highest BCUT2D eigenvalue weighted by atomic mass is 15.3. The Kier molecular flexibility index (Phi) is 4.97. The molecule has 0 spiro atoms. The van der Waals surface area contributed by atoms with Crippen molar-refractivity contribution >= 4 is 0 Å². The summed E-state index contributed by atoms with van der Waals surface area (Å²) in [4.78, 5) is 0. The standard InChI is InChI=1S/C15H21N3/c1-14-12-17-18(13-14)11-10-16-9-5-8-15-6-3-2-4-7-15/h2-4,6-7,12-13,16H,5,8-11H2,1H3. The molecule has 1 aromatic carbocycles. The van der Waals surface area contributed by atoms with Gasteiger partial charge >= 0.3 is 0 Å². The molecule has 0 aliphatic heterocycles. The van der Waals surface area contributed by atoms with E-state index in [0.29, 0.717) is 0 Å². The molecule has 0 bridgehead atoms. The molecule has 3 nitrogen and oxygen atoms in total. The number of nitrogens with one attached hydrogen (secondary N) is 1. The van der Waals surface area contributed by atoms with E-state index in [0.717, 1.165) is 26.1 Å². The monoisotopic (exact) mass is 243 g/mol. The zero-order chi connectivity index (χ0) is 12.6. The van der Waals surface area contributed by atoms with Gasteiger partial charge in [0.2, 0.25) is 0 Å². The molecule has 3 heteroatoms. The maximum absolute atomic E-state index is 4.26. The van der Waals surface area contributed by atoms with Gasteiger partial charge in [-0.2, -0.15) is 5.10 Å². The molecule has 18 heavy (non-hydrogen) atoms. The van der Waals surface area contributed by atoms with Crippen LogP contribution in [0.3, 0.4) is 0 Å². The van der Waals surface area contributed by atoms with Gasteiger partial charge in [0.05, 0.1) is 12.7 Å². The Bertz CT molecular complexity index is 448. The average Bonchev–Trinajstić information content (AvgIpc) is 2.81. The van der Waals surface area contributed by atoms with Crippen molar-refractivity contribution in [2.24, 2.45) is 0 Å². The molecule has 2 aromatic rings. The van der Waals surface area contributed by atoms with Crippen LogP contribution >= 0.6 is 0 Å². The summed E-state index contributed by atoms with van der Waals surface area (Å²) < 4.78 is 1.99. The largest absolute Gasteiger partial charge is 0.315 e. The Labute approximate surface area is 109 Å². The first-order valence-corrected chi connectivity index (χ1v) is 6.58. The molecular weight excluding hydrogens is 222 g/mol. The number of hydrogen-bond acceptors (Lipinski definition) is 2. The third-order valence-electron chi connectivity index (χ3n) is 2.94. The fraction of sp³-hybridized carbons (Fsp3) is 0.400. The van der Waals surface area contributed by atoms with Crippen LogP contribution in [0.15, 0.2) is 42.7 Å². The molecule has 0 amide bonds. The van der Waals surface area contributed by atoms with Gasteiger partial charge in [-0.15, -0.1) is 0 Å². The van der Waals surface area contributed by atoms with Crippen molar-refractivity contribution in [1.82, 2.24) is 15.1 Å². The summed E-state index contributed by atoms with van der Waals surface area (Å²) in [5.41, 5.74) is 2.64. The normalized spacial score (nSPS) is 10.7. The Balaban J connectivity index is 1.54. The Morgan fingerprint density at radius 2 is 2.00 bits per heavy atom. The minimum Gasteiger partial charge on any atom is -0.315 e. The minimum atomic E-state index is 0.944. The molecule has 2 rings (SSSR count). The molecule has 0 saturated carbocycles. The van der Waals surface area contributed by atoms with Gasteiger partial charge in [0.1, 0.15) is 0 Å². The first kappa shape index (κ1) is 12.8. The maximum atomic E-state index is 4.26. The second-order valence-electron chi connectivity index (χ2n) is 4.62. The Morgan fingerprint density at radius 1 is 1.17 bits per heavy atom. The molecular formula is C15H21N3. The van der Waals surface area contributed by atoms with E-state index in [1.807, 2.05) is 10.9 Å². The zero-order valence-corrected chi connectivity index (χ0v) is 11.0. The number of aryl methyl sites for hydroxylation is 2. The van der Waals surface area contributed by atoms with Gasteiger partial charge in [-0.3, -0.25) is 4.68 Å². The van der Waals surface area contributed by atoms with Gasteiger partial charge in [-0.25, -0.2) is 0 Å². The van der Waals surface area contributed by atoms with Crippen molar-refractivity contribution in [3.8, 4) is 0 Å². The summed E-state index contributed by atoms with van der Waals surface area (Å²) in [6, 6.07) is 10.6. The molecule has 0 unspecified atom stereocenters. The van der Waals surface area contributed by atoms with Crippen molar-refractivity contribution in [3.63, 3.8) is 0 Å². The molecule has 0 aliphatic carbocycles. The van der Waals surface area contributed by atoms with E-state index in [4.69, 9.17) is 0 Å². The number of hydrogen-bond donors (Lipinski definition) is 1. The average molecular weight is 243 g/mol. The summed E-state index contributed by atoms with van der Waals surface area (Å²) in [5.74, 6) is 0. The molecule has 0 atom stereocenters. The van der Waals surface area contributed by atoms with E-state index in [1.165, 1.54) is 17.5 Å². The van der Waals surface area contributed by atoms with Crippen molar-refractivity contribution in [1.29, 1.82) is 0 Å². The predicted molar refractivity (Wildman–Crippen MR) is 74.6 cm³/mol. The SMILES string of the molecule is Cc1cnn(CCNCCCc2ccccc2)c1. The van der Waals surface area contributed by atoms with Gasteiger partial charge in [-0.1, -0.05) is 30.3 Å². The zero-order valence-electron chi connectivity index (χ0n) is 11.0. The molecule has 0 fully saturated rings. The van der Waals surface area contributed by atoms with Gasteiger partial charge in [0.15, 0.2) is 0 Å². The smallest absolute Gasteiger partial charge is 0.0534 e. The van der Waals surface area contributed by atoms with Gasteiger partial charge in [0, 0.05) is 12.7 Å². The van der Waals surface area contributed by atoms with Gasteiger partial charge < -0.3 is 5.32 Å². The first-order chi connectivity index (χ1) is 8.84. The van der Waals surface area contributed by atoms with Crippen molar-refractivity contribution < 1.29 is 0 Å². The fourth-order valence-corrected chi connectivity index (χ4v) is 1.97. The van der Waals surface area contributed by atoms with E-state index < -0.39 is 0 Å². The molecule has 1 heterocycles. The predicted octanol–water partition coefficient (Wildman–Crippen LogP) is 2.41. The fourth-order valence-electron chi connectivity index (χ4n) is 1.97. The van der Waals surface area contributed by atoms with Crippen LogP contribution < -0.4 is 5.32 Å². The quantitative estimate of drug-likeness (QED) is 0.757. The van der Waals surface area contributed by atoms with Gasteiger partial charge in [-0.05, 0) is 37.4 Å². The molecule has 96 valence electrons. The first-order valence-electron chi connectivity index (χ1n) is 6.58. The lowest BCUT2D eigenvalue weighted by Gasteiger charge is -2.05. The van der Waals surface area contributed by atoms with Crippen LogP contribution in [0.4, 0.5) is 0 Å². The number of aromatic nitrogens is 2. The van der Waals surface area contributed by atoms with Crippen molar-refractivity contribution in [2.45, 2.75) is 26.3 Å². The lowest BCUT2D eigenvalue weighted by Crippen LogP contribution is -2.21. The molecule has 1 N–H and O–H groups in total. The second kappa shape index (κ2) is 6.97. The third-order valence-corrected chi connectivity index (χ3v) is 2.94. The highest BCUT2D eigenvalue weighted by molar-refractivity contribution is 5.14. The third kappa shape index (κ3) is 4.34. The van der Waals surface area contributed by atoms with E-state index in [-0.39, 0.29) is 0 Å². The van der Waals surface area contributed by atoms with Crippen molar-refractivity contribution in [3.05, 3.63) is 53.9 Å². The van der Waals surface area contributed by atoms with E-state index in [9.17, 15) is 0 Å². The van der Waals surface area contributed by atoms with Crippen LogP contribution in [0.25, 0.3) is 0 Å². The second-order valence-corrected chi connectivity index (χ2v) is 4.62. The van der Waals surface area contributed by atoms with E-state index >= 15 is 0 Å². The van der Waals surface area contributed by atoms with Crippen molar-refractivity contribution in [2.75, 3.05) is 13.1 Å². The lowest BCUT2D eigenvalue weighted by atomic mass is 10.1. The van der Waals surface area contributed by atoms with Crippen LogP contribution in [0.1, 0.15) is 17.5 Å². The summed E-state index contributed by atoms with van der Waals surface area (Å²) in [7, 11) is 0. The molecule has 0 radical (unpaired) electrons. The van der Waals surface area contributed by atoms with Crippen LogP contribution in [-0.2, 0) is 13.0 Å². The number of rotatable bonds is 7. The van der Waals surface area contributed by atoms with Crippen LogP contribution in [0, 0.1) is 6.92 Å². The lowest BCUT2D eigenvalue weighted by molar-refractivity contribution is 0.547. The van der Waals surface area contributed by atoms with Gasteiger partial charge in [0.25, 0.3) is 0 Å². The van der Waals surface area contributed by atoms with E-state index in [1.54, 1.807) is 0 Å². The highest BCUT2D eigenvalue weighted by Gasteiger charge is 1.94. The topological polar surface area (TPSA) is 29.9 Å². The van der Waals surface area contributed by atoms with Crippen LogP contribution in [0.2, 0.25) is 0 Å². The van der Waals surface area contributed by atoms with E-state index in [2.05, 4.69) is 53.9 Å². The maximum Gasteiger partial charge on any atom is 0.0534 e. The Morgan fingerprint density at radius 3 is 2.72 bits per heavy atom.